The first-order chi connectivity index (χ1) is 4.72. The standard InChI is InChI=1S/C8H8O2.Ca.2H/c1-6-4-2-3-5-7(6)8(9)10;;;/h2-5H,1H3,(H,9,10);;;/q;+2;2*-1. The molecular formula is C8H10CaO2. The Morgan fingerprint density at radius 1 is 1.45 bits per heavy atom. The number of benzene rings is 1. The summed E-state index contributed by atoms with van der Waals surface area (Å²) in [7, 11) is 0. The third-order valence-corrected chi connectivity index (χ3v) is 1.38. The smallest absolute Gasteiger partial charge is 1.00 e. The van der Waals surface area contributed by atoms with Crippen LogP contribution in [0.25, 0.3) is 0 Å². The molecule has 0 spiro atoms. The van der Waals surface area contributed by atoms with Crippen LogP contribution >= 0.6 is 0 Å². The van der Waals surface area contributed by atoms with Crippen molar-refractivity contribution in [3.05, 3.63) is 35.4 Å². The molecule has 1 rings (SSSR count). The van der Waals surface area contributed by atoms with E-state index in [4.69, 9.17) is 5.11 Å². The predicted molar refractivity (Wildman–Crippen MR) is 46.1 cm³/mol. The molecule has 11 heavy (non-hydrogen) atoms. The average Bonchev–Trinajstić information content (AvgIpc) is 1.88. The van der Waals surface area contributed by atoms with Gasteiger partial charge in [0.15, 0.2) is 0 Å². The Morgan fingerprint density at radius 3 is 2.36 bits per heavy atom. The number of carbonyl (C=O) groups is 1. The first kappa shape index (κ1) is 10.9. The minimum Gasteiger partial charge on any atom is -1.00 e. The van der Waals surface area contributed by atoms with Crippen molar-refractivity contribution in [2.24, 2.45) is 0 Å². The zero-order valence-corrected chi connectivity index (χ0v) is 8.58. The average molecular weight is 178 g/mol. The molecule has 1 N–H and O–H groups in total. The molecule has 0 radical (unpaired) electrons. The molecule has 0 unspecified atom stereocenters. The van der Waals surface area contributed by atoms with E-state index in [9.17, 15) is 4.79 Å². The molecule has 0 saturated carbocycles. The maximum absolute atomic E-state index is 10.4. The fraction of sp³-hybridized carbons (Fsp3) is 0.125. The van der Waals surface area contributed by atoms with E-state index in [1.165, 1.54) is 0 Å². The topological polar surface area (TPSA) is 37.3 Å². The van der Waals surface area contributed by atoms with Gasteiger partial charge in [0, 0.05) is 0 Å². The molecule has 0 amide bonds. The Balaban J connectivity index is -0.000000333. The summed E-state index contributed by atoms with van der Waals surface area (Å²) in [6.07, 6.45) is 0. The van der Waals surface area contributed by atoms with Gasteiger partial charge in [-0.1, -0.05) is 18.2 Å². The Kier molecular flexibility index (Phi) is 4.73. The number of hydrogen-bond acceptors (Lipinski definition) is 1. The van der Waals surface area contributed by atoms with Crippen LogP contribution in [-0.2, 0) is 0 Å². The minimum atomic E-state index is -0.863. The van der Waals surface area contributed by atoms with Gasteiger partial charge in [-0.25, -0.2) is 4.79 Å². The molecule has 1 aromatic carbocycles. The molecule has 3 heteroatoms. The van der Waals surface area contributed by atoms with Gasteiger partial charge in [0.2, 0.25) is 0 Å². The van der Waals surface area contributed by atoms with Crippen LogP contribution < -0.4 is 0 Å². The number of rotatable bonds is 1. The fourth-order valence-corrected chi connectivity index (χ4v) is 0.813. The summed E-state index contributed by atoms with van der Waals surface area (Å²) in [4.78, 5) is 10.4. The molecule has 0 aliphatic carbocycles. The quantitative estimate of drug-likeness (QED) is 0.662. The number of aromatic carboxylic acids is 1. The maximum atomic E-state index is 10.4. The van der Waals surface area contributed by atoms with E-state index < -0.39 is 5.97 Å². The van der Waals surface area contributed by atoms with Crippen molar-refractivity contribution in [1.29, 1.82) is 0 Å². The van der Waals surface area contributed by atoms with Crippen LogP contribution in [0, 0.1) is 6.92 Å². The Morgan fingerprint density at radius 2 is 2.00 bits per heavy atom. The van der Waals surface area contributed by atoms with Gasteiger partial charge in [0.05, 0.1) is 5.56 Å². The Labute approximate surface area is 98.2 Å². The van der Waals surface area contributed by atoms with Gasteiger partial charge in [0.1, 0.15) is 0 Å². The van der Waals surface area contributed by atoms with Gasteiger partial charge in [-0.15, -0.1) is 0 Å². The largest absolute Gasteiger partial charge is 2.00 e. The Hall–Kier alpha value is -0.0503. The van der Waals surface area contributed by atoms with Crippen molar-refractivity contribution in [2.45, 2.75) is 6.92 Å². The summed E-state index contributed by atoms with van der Waals surface area (Å²) in [6.45, 7) is 1.78. The second-order valence-electron chi connectivity index (χ2n) is 2.12. The molecule has 0 fully saturated rings. The summed E-state index contributed by atoms with van der Waals surface area (Å²) in [6, 6.07) is 6.92. The van der Waals surface area contributed by atoms with Gasteiger partial charge >= 0.3 is 43.7 Å². The molecular weight excluding hydrogens is 168 g/mol. The van der Waals surface area contributed by atoms with Crippen molar-refractivity contribution < 1.29 is 12.8 Å². The summed E-state index contributed by atoms with van der Waals surface area (Å²) in [5.41, 5.74) is 1.18. The molecule has 0 aromatic heterocycles. The van der Waals surface area contributed by atoms with Crippen LogP contribution in [0.15, 0.2) is 24.3 Å². The zero-order chi connectivity index (χ0) is 7.56. The van der Waals surface area contributed by atoms with Crippen LogP contribution in [-0.4, -0.2) is 48.8 Å². The van der Waals surface area contributed by atoms with Crippen molar-refractivity contribution in [3.63, 3.8) is 0 Å². The van der Waals surface area contributed by atoms with E-state index in [-0.39, 0.29) is 40.6 Å². The second kappa shape index (κ2) is 4.75. The first-order valence-electron chi connectivity index (χ1n) is 3.01. The van der Waals surface area contributed by atoms with E-state index in [0.29, 0.717) is 5.56 Å². The van der Waals surface area contributed by atoms with Gasteiger partial charge in [-0.05, 0) is 18.6 Å². The van der Waals surface area contributed by atoms with Crippen molar-refractivity contribution in [1.82, 2.24) is 0 Å². The van der Waals surface area contributed by atoms with Crippen molar-refractivity contribution in [2.75, 3.05) is 0 Å². The molecule has 0 atom stereocenters. The molecule has 0 heterocycles. The molecule has 2 nitrogen and oxygen atoms in total. The first-order valence-corrected chi connectivity index (χ1v) is 3.01. The third kappa shape index (κ3) is 2.81. The van der Waals surface area contributed by atoms with Crippen LogP contribution in [0.1, 0.15) is 18.8 Å². The van der Waals surface area contributed by atoms with Crippen molar-refractivity contribution in [3.8, 4) is 0 Å². The SMILES string of the molecule is Cc1ccccc1C(=O)O.[Ca+2].[H-].[H-]. The summed E-state index contributed by atoms with van der Waals surface area (Å²) < 4.78 is 0. The Bertz CT molecular complexity index is 266. The van der Waals surface area contributed by atoms with Gasteiger partial charge in [-0.2, -0.15) is 0 Å². The third-order valence-electron chi connectivity index (χ3n) is 1.38. The van der Waals surface area contributed by atoms with E-state index >= 15 is 0 Å². The monoisotopic (exact) mass is 178 g/mol. The van der Waals surface area contributed by atoms with Crippen molar-refractivity contribution >= 4 is 43.7 Å². The predicted octanol–water partition coefficient (Wildman–Crippen LogP) is 1.54. The van der Waals surface area contributed by atoms with Gasteiger partial charge in [0.25, 0.3) is 0 Å². The van der Waals surface area contributed by atoms with E-state index in [0.717, 1.165) is 5.56 Å². The van der Waals surface area contributed by atoms with E-state index in [2.05, 4.69) is 0 Å². The van der Waals surface area contributed by atoms with Crippen LogP contribution in [0.3, 0.4) is 0 Å². The summed E-state index contributed by atoms with van der Waals surface area (Å²) >= 11 is 0. The molecule has 0 aliphatic heterocycles. The number of carboxylic acid groups (broad SMARTS) is 1. The molecule has 0 aliphatic rings. The minimum absolute atomic E-state index is 0. The summed E-state index contributed by atoms with van der Waals surface area (Å²) in [5, 5.41) is 8.57. The van der Waals surface area contributed by atoms with E-state index in [1.54, 1.807) is 25.1 Å². The van der Waals surface area contributed by atoms with E-state index in [1.807, 2.05) is 6.07 Å². The molecule has 1 aromatic rings. The normalized spacial score (nSPS) is 8.45. The maximum Gasteiger partial charge on any atom is 2.00 e. The molecule has 56 valence electrons. The number of carboxylic acids is 1. The van der Waals surface area contributed by atoms with Gasteiger partial charge < -0.3 is 7.96 Å². The fourth-order valence-electron chi connectivity index (χ4n) is 0.813. The molecule has 0 bridgehead atoms. The van der Waals surface area contributed by atoms with Crippen LogP contribution in [0.4, 0.5) is 0 Å². The van der Waals surface area contributed by atoms with Crippen LogP contribution in [0.5, 0.6) is 0 Å². The van der Waals surface area contributed by atoms with Crippen LogP contribution in [0.2, 0.25) is 0 Å². The molecule has 0 saturated heterocycles. The number of aryl methyl sites for hydroxylation is 1. The number of hydrogen-bond donors (Lipinski definition) is 1. The summed E-state index contributed by atoms with van der Waals surface area (Å²) in [5.74, 6) is -0.863. The second-order valence-corrected chi connectivity index (χ2v) is 2.12. The zero-order valence-electron chi connectivity index (χ0n) is 8.37. The van der Waals surface area contributed by atoms with Gasteiger partial charge in [-0.3, -0.25) is 0 Å².